The molecule has 7 heteroatoms. The van der Waals surface area contributed by atoms with E-state index < -0.39 is 0 Å². The van der Waals surface area contributed by atoms with Crippen LogP contribution in [0.3, 0.4) is 0 Å². The smallest absolute Gasteiger partial charge is 0.240 e. The summed E-state index contributed by atoms with van der Waals surface area (Å²) in [7, 11) is 0. The molecule has 2 heterocycles. The normalized spacial score (nSPS) is 25.0. The molecule has 1 saturated heterocycles. The molecule has 6 nitrogen and oxygen atoms in total. The summed E-state index contributed by atoms with van der Waals surface area (Å²) in [4.78, 5) is 17.8. The van der Waals surface area contributed by atoms with Crippen molar-refractivity contribution in [3.8, 4) is 0 Å². The number of carbonyl (C=O) groups excluding carboxylic acids is 1. The summed E-state index contributed by atoms with van der Waals surface area (Å²) in [5, 5.41) is 14.2. The van der Waals surface area contributed by atoms with E-state index in [1.54, 1.807) is 6.20 Å². The molecule has 1 aromatic rings. The number of aliphatic hydroxyl groups excluding tert-OH is 1. The molecule has 18 heavy (non-hydrogen) atoms. The zero-order valence-corrected chi connectivity index (χ0v) is 11.0. The van der Waals surface area contributed by atoms with Crippen molar-refractivity contribution >= 4 is 22.4 Å². The zero-order valence-electron chi connectivity index (χ0n) is 10.2. The van der Waals surface area contributed by atoms with Gasteiger partial charge in [0, 0.05) is 24.2 Å². The van der Waals surface area contributed by atoms with Crippen LogP contribution >= 0.6 is 11.3 Å². The van der Waals surface area contributed by atoms with Crippen molar-refractivity contribution in [2.75, 3.05) is 31.6 Å². The zero-order chi connectivity index (χ0) is 13.0. The van der Waals surface area contributed by atoms with Crippen LogP contribution in [0.25, 0.3) is 0 Å². The van der Waals surface area contributed by atoms with Gasteiger partial charge in [-0.1, -0.05) is 0 Å². The molecule has 0 bridgehead atoms. The first kappa shape index (κ1) is 13.4. The second-order valence-electron chi connectivity index (χ2n) is 4.30. The highest BCUT2D eigenvalue weighted by Gasteiger charge is 2.27. The average molecular weight is 271 g/mol. The van der Waals surface area contributed by atoms with Crippen LogP contribution in [0.5, 0.6) is 0 Å². The Labute approximate surface area is 110 Å². The van der Waals surface area contributed by atoms with E-state index in [4.69, 9.17) is 9.84 Å². The number of hydrogen-bond donors (Lipinski definition) is 2. The minimum absolute atomic E-state index is 0.0165. The lowest BCUT2D eigenvalue weighted by Crippen LogP contribution is -2.51. The molecule has 0 aromatic carbocycles. The molecule has 2 N–H and O–H groups in total. The molecule has 2 unspecified atom stereocenters. The SMILES string of the molecule is CC1COC(CO)CN1CC(=O)Nc1nccs1. The van der Waals surface area contributed by atoms with Gasteiger partial charge in [-0.05, 0) is 6.92 Å². The quantitative estimate of drug-likeness (QED) is 0.816. The maximum atomic E-state index is 11.8. The van der Waals surface area contributed by atoms with Crippen molar-refractivity contribution < 1.29 is 14.6 Å². The number of anilines is 1. The fraction of sp³-hybridized carbons (Fsp3) is 0.636. The number of rotatable bonds is 4. The van der Waals surface area contributed by atoms with E-state index in [-0.39, 0.29) is 24.7 Å². The first-order chi connectivity index (χ1) is 8.69. The van der Waals surface area contributed by atoms with E-state index in [1.165, 1.54) is 11.3 Å². The number of thiazole rings is 1. The average Bonchev–Trinajstić information content (AvgIpc) is 2.84. The Hall–Kier alpha value is -1.02. The van der Waals surface area contributed by atoms with E-state index in [9.17, 15) is 4.79 Å². The summed E-state index contributed by atoms with van der Waals surface area (Å²) < 4.78 is 5.42. The van der Waals surface area contributed by atoms with E-state index in [0.717, 1.165) is 0 Å². The van der Waals surface area contributed by atoms with Crippen molar-refractivity contribution in [1.82, 2.24) is 9.88 Å². The van der Waals surface area contributed by atoms with Crippen LogP contribution < -0.4 is 5.32 Å². The highest BCUT2D eigenvalue weighted by Crippen LogP contribution is 2.13. The first-order valence-corrected chi connectivity index (χ1v) is 6.73. The van der Waals surface area contributed by atoms with Crippen LogP contribution in [-0.2, 0) is 9.53 Å². The molecule has 1 aliphatic rings. The highest BCUT2D eigenvalue weighted by atomic mass is 32.1. The summed E-state index contributed by atoms with van der Waals surface area (Å²) in [5.74, 6) is -0.0876. The lowest BCUT2D eigenvalue weighted by atomic mass is 10.2. The van der Waals surface area contributed by atoms with E-state index in [1.807, 2.05) is 17.2 Å². The van der Waals surface area contributed by atoms with E-state index in [0.29, 0.717) is 24.8 Å². The fourth-order valence-corrected chi connectivity index (χ4v) is 2.38. The van der Waals surface area contributed by atoms with Gasteiger partial charge in [-0.2, -0.15) is 0 Å². The Morgan fingerprint density at radius 3 is 3.28 bits per heavy atom. The number of morpholine rings is 1. The summed E-state index contributed by atoms with van der Waals surface area (Å²) in [6, 6.07) is 0.176. The van der Waals surface area contributed by atoms with Crippen molar-refractivity contribution in [3.05, 3.63) is 11.6 Å². The number of hydrogen-bond acceptors (Lipinski definition) is 6. The van der Waals surface area contributed by atoms with Gasteiger partial charge < -0.3 is 15.2 Å². The monoisotopic (exact) mass is 271 g/mol. The number of aliphatic hydroxyl groups is 1. The molecule has 2 rings (SSSR count). The van der Waals surface area contributed by atoms with Gasteiger partial charge in [-0.25, -0.2) is 4.98 Å². The van der Waals surface area contributed by atoms with Crippen LogP contribution in [0.1, 0.15) is 6.92 Å². The Kier molecular flexibility index (Phi) is 4.65. The number of amides is 1. The van der Waals surface area contributed by atoms with Gasteiger partial charge in [0.15, 0.2) is 5.13 Å². The Balaban J connectivity index is 1.85. The molecule has 100 valence electrons. The third-order valence-electron chi connectivity index (χ3n) is 2.86. The van der Waals surface area contributed by atoms with Crippen molar-refractivity contribution in [2.24, 2.45) is 0 Å². The number of ether oxygens (including phenoxy) is 1. The minimum Gasteiger partial charge on any atom is -0.394 e. The minimum atomic E-state index is -0.200. The summed E-state index contributed by atoms with van der Waals surface area (Å²) in [5.41, 5.74) is 0. The first-order valence-electron chi connectivity index (χ1n) is 5.85. The van der Waals surface area contributed by atoms with Gasteiger partial charge in [-0.15, -0.1) is 11.3 Å². The van der Waals surface area contributed by atoms with E-state index >= 15 is 0 Å². The number of nitrogens with one attached hydrogen (secondary N) is 1. The third-order valence-corrected chi connectivity index (χ3v) is 3.55. The fourth-order valence-electron chi connectivity index (χ4n) is 1.83. The van der Waals surface area contributed by atoms with Crippen molar-refractivity contribution in [1.29, 1.82) is 0 Å². The predicted octanol–water partition coefficient (Wildman–Crippen LogP) is 0.163. The van der Waals surface area contributed by atoms with Crippen LogP contribution in [0.15, 0.2) is 11.6 Å². The summed E-state index contributed by atoms with van der Waals surface area (Å²) >= 11 is 1.39. The summed E-state index contributed by atoms with van der Waals surface area (Å²) in [6.07, 6.45) is 1.45. The van der Waals surface area contributed by atoms with Gasteiger partial charge >= 0.3 is 0 Å². The van der Waals surface area contributed by atoms with Gasteiger partial charge in [0.25, 0.3) is 0 Å². The van der Waals surface area contributed by atoms with Gasteiger partial charge in [0.05, 0.1) is 25.9 Å². The number of carbonyl (C=O) groups is 1. The summed E-state index contributed by atoms with van der Waals surface area (Å²) in [6.45, 7) is 3.39. The Morgan fingerprint density at radius 1 is 1.78 bits per heavy atom. The van der Waals surface area contributed by atoms with Gasteiger partial charge in [-0.3, -0.25) is 9.69 Å². The Bertz CT molecular complexity index is 385. The molecule has 1 fully saturated rings. The lowest BCUT2D eigenvalue weighted by Gasteiger charge is -2.36. The maximum Gasteiger partial charge on any atom is 0.240 e. The standard InChI is InChI=1S/C11H17N3O3S/c1-8-7-17-9(6-15)4-14(8)5-10(16)13-11-12-2-3-18-11/h2-3,8-9,15H,4-7H2,1H3,(H,12,13,16). The molecule has 1 amide bonds. The molecule has 2 atom stereocenters. The van der Waals surface area contributed by atoms with Crippen molar-refractivity contribution in [2.45, 2.75) is 19.1 Å². The second kappa shape index (κ2) is 6.24. The molecule has 0 saturated carbocycles. The number of nitrogens with zero attached hydrogens (tertiary/aromatic N) is 2. The van der Waals surface area contributed by atoms with Crippen molar-refractivity contribution in [3.63, 3.8) is 0 Å². The predicted molar refractivity (Wildman–Crippen MR) is 68.6 cm³/mol. The number of aromatic nitrogens is 1. The van der Waals surface area contributed by atoms with Crippen LogP contribution in [0.4, 0.5) is 5.13 Å². The van der Waals surface area contributed by atoms with Crippen LogP contribution in [0.2, 0.25) is 0 Å². The lowest BCUT2D eigenvalue weighted by molar-refractivity contribution is -0.122. The van der Waals surface area contributed by atoms with Gasteiger partial charge in [0.2, 0.25) is 5.91 Å². The van der Waals surface area contributed by atoms with Crippen LogP contribution in [-0.4, -0.2) is 59.3 Å². The second-order valence-corrected chi connectivity index (χ2v) is 5.20. The molecular formula is C11H17N3O3S. The maximum absolute atomic E-state index is 11.8. The van der Waals surface area contributed by atoms with Gasteiger partial charge in [0.1, 0.15) is 0 Å². The van der Waals surface area contributed by atoms with E-state index in [2.05, 4.69) is 10.3 Å². The Morgan fingerprint density at radius 2 is 2.61 bits per heavy atom. The molecule has 1 aliphatic heterocycles. The van der Waals surface area contributed by atoms with Crippen LogP contribution in [0, 0.1) is 0 Å². The largest absolute Gasteiger partial charge is 0.394 e. The molecular weight excluding hydrogens is 254 g/mol. The third kappa shape index (κ3) is 3.49. The topological polar surface area (TPSA) is 74.7 Å². The molecule has 1 aromatic heterocycles. The molecule has 0 spiro atoms. The molecule has 0 aliphatic carbocycles. The highest BCUT2D eigenvalue weighted by molar-refractivity contribution is 7.13. The molecule has 0 radical (unpaired) electrons.